The molecule has 0 aromatic carbocycles. The second-order valence-corrected chi connectivity index (χ2v) is 3.35. The van der Waals surface area contributed by atoms with E-state index in [4.69, 9.17) is 11.5 Å². The van der Waals surface area contributed by atoms with E-state index in [0.717, 1.165) is 0 Å². The molecule has 0 radical (unpaired) electrons. The lowest BCUT2D eigenvalue weighted by molar-refractivity contribution is -0.122. The van der Waals surface area contributed by atoms with Gasteiger partial charge < -0.3 is 16.2 Å². The first-order valence-electron chi connectivity index (χ1n) is 4.31. The average Bonchev–Trinajstić information content (AvgIpc) is 2.02. The molecule has 1 amide bonds. The zero-order chi connectivity index (χ0) is 11.2. The van der Waals surface area contributed by atoms with Gasteiger partial charge in [0.25, 0.3) is 6.43 Å². The van der Waals surface area contributed by atoms with E-state index in [-0.39, 0.29) is 6.61 Å². The molecule has 0 fully saturated rings. The number of amides is 1. The molecule has 4 nitrogen and oxygen atoms in total. The van der Waals surface area contributed by atoms with Gasteiger partial charge in [-0.05, 0) is 19.8 Å². The van der Waals surface area contributed by atoms with E-state index in [1.165, 1.54) is 6.92 Å². The molecule has 0 bridgehead atoms. The lowest BCUT2D eigenvalue weighted by Gasteiger charge is -2.19. The zero-order valence-electron chi connectivity index (χ0n) is 8.13. The van der Waals surface area contributed by atoms with Gasteiger partial charge in [-0.3, -0.25) is 4.79 Å². The summed E-state index contributed by atoms with van der Waals surface area (Å²) in [7, 11) is 0. The van der Waals surface area contributed by atoms with E-state index in [2.05, 4.69) is 4.74 Å². The molecule has 0 rings (SSSR count). The summed E-state index contributed by atoms with van der Waals surface area (Å²) in [6, 6.07) is 0. The summed E-state index contributed by atoms with van der Waals surface area (Å²) in [5.74, 6) is -0.605. The van der Waals surface area contributed by atoms with Crippen molar-refractivity contribution in [1.29, 1.82) is 0 Å². The molecule has 1 unspecified atom stereocenters. The van der Waals surface area contributed by atoms with E-state index in [1.54, 1.807) is 0 Å². The molecule has 0 aliphatic rings. The fourth-order valence-corrected chi connectivity index (χ4v) is 0.837. The Hall–Kier alpha value is -0.750. The number of ether oxygens (including phenoxy) is 1. The van der Waals surface area contributed by atoms with Gasteiger partial charge in [0.05, 0.1) is 5.54 Å². The quantitative estimate of drug-likeness (QED) is 0.591. The number of primary amides is 1. The number of carbonyl (C=O) groups is 1. The number of alkyl halides is 2. The summed E-state index contributed by atoms with van der Waals surface area (Å²) in [4.78, 5) is 10.7. The Labute approximate surface area is 81.6 Å². The first kappa shape index (κ1) is 13.2. The van der Waals surface area contributed by atoms with Crippen molar-refractivity contribution in [2.45, 2.75) is 31.7 Å². The standard InChI is InChI=1S/C8H16F2N2O2/c1-8(12,7(11)13)3-2-4-14-5-6(9)10/h6H,2-5,12H2,1H3,(H2,11,13). The van der Waals surface area contributed by atoms with Gasteiger partial charge in [0, 0.05) is 6.61 Å². The largest absolute Gasteiger partial charge is 0.376 e. The number of nitrogens with two attached hydrogens (primary N) is 2. The third-order valence-electron chi connectivity index (χ3n) is 1.79. The normalized spacial score (nSPS) is 15.5. The Bertz CT molecular complexity index is 186. The topological polar surface area (TPSA) is 78.3 Å². The number of hydrogen-bond acceptors (Lipinski definition) is 3. The molecule has 14 heavy (non-hydrogen) atoms. The summed E-state index contributed by atoms with van der Waals surface area (Å²) in [5.41, 5.74) is 9.44. The maximum absolute atomic E-state index is 11.6. The summed E-state index contributed by atoms with van der Waals surface area (Å²) in [6.45, 7) is 1.07. The maximum Gasteiger partial charge on any atom is 0.261 e. The van der Waals surface area contributed by atoms with Crippen LogP contribution in [0.1, 0.15) is 19.8 Å². The van der Waals surface area contributed by atoms with E-state index < -0.39 is 24.5 Å². The van der Waals surface area contributed by atoms with Crippen molar-refractivity contribution in [3.63, 3.8) is 0 Å². The molecular weight excluding hydrogens is 194 g/mol. The van der Waals surface area contributed by atoms with Crippen molar-refractivity contribution in [2.75, 3.05) is 13.2 Å². The van der Waals surface area contributed by atoms with Crippen LogP contribution in [0, 0.1) is 0 Å². The van der Waals surface area contributed by atoms with Crippen molar-refractivity contribution in [3.8, 4) is 0 Å². The molecule has 1 atom stereocenters. The molecule has 84 valence electrons. The number of rotatable bonds is 7. The highest BCUT2D eigenvalue weighted by Crippen LogP contribution is 2.08. The van der Waals surface area contributed by atoms with Crippen LogP contribution in [0.2, 0.25) is 0 Å². The lowest BCUT2D eigenvalue weighted by Crippen LogP contribution is -2.49. The maximum atomic E-state index is 11.6. The van der Waals surface area contributed by atoms with Crippen LogP contribution in [0.3, 0.4) is 0 Å². The van der Waals surface area contributed by atoms with Crippen LogP contribution in [-0.2, 0) is 9.53 Å². The van der Waals surface area contributed by atoms with E-state index in [9.17, 15) is 13.6 Å². The Morgan fingerprint density at radius 1 is 1.57 bits per heavy atom. The van der Waals surface area contributed by atoms with Crippen LogP contribution in [0.15, 0.2) is 0 Å². The number of carbonyl (C=O) groups excluding carboxylic acids is 1. The third-order valence-corrected chi connectivity index (χ3v) is 1.79. The minimum Gasteiger partial charge on any atom is -0.376 e. The fourth-order valence-electron chi connectivity index (χ4n) is 0.837. The number of halogens is 2. The van der Waals surface area contributed by atoms with Gasteiger partial charge in [0.2, 0.25) is 5.91 Å². The summed E-state index contributed by atoms with van der Waals surface area (Å²) >= 11 is 0. The molecule has 0 aromatic heterocycles. The van der Waals surface area contributed by atoms with E-state index >= 15 is 0 Å². The molecule has 0 aliphatic carbocycles. The zero-order valence-corrected chi connectivity index (χ0v) is 8.13. The van der Waals surface area contributed by atoms with Crippen molar-refractivity contribution < 1.29 is 18.3 Å². The molecule has 6 heteroatoms. The van der Waals surface area contributed by atoms with Gasteiger partial charge in [-0.25, -0.2) is 8.78 Å². The third kappa shape index (κ3) is 5.82. The molecule has 4 N–H and O–H groups in total. The van der Waals surface area contributed by atoms with Gasteiger partial charge in [0.15, 0.2) is 0 Å². The fraction of sp³-hybridized carbons (Fsp3) is 0.875. The highest BCUT2D eigenvalue weighted by molar-refractivity contribution is 5.83. The average molecular weight is 210 g/mol. The summed E-state index contributed by atoms with van der Waals surface area (Å²) in [5, 5.41) is 0. The molecule has 0 aromatic rings. The highest BCUT2D eigenvalue weighted by Gasteiger charge is 2.24. The van der Waals surface area contributed by atoms with Crippen LogP contribution >= 0.6 is 0 Å². The Morgan fingerprint density at radius 2 is 2.14 bits per heavy atom. The Kier molecular flexibility index (Phi) is 5.56. The van der Waals surface area contributed by atoms with Crippen LogP contribution < -0.4 is 11.5 Å². The molecule has 0 spiro atoms. The van der Waals surface area contributed by atoms with Crippen LogP contribution in [0.4, 0.5) is 8.78 Å². The van der Waals surface area contributed by atoms with Gasteiger partial charge in [-0.15, -0.1) is 0 Å². The Balaban J connectivity index is 3.49. The second kappa shape index (κ2) is 5.87. The summed E-state index contributed by atoms with van der Waals surface area (Å²) in [6.07, 6.45) is -1.70. The van der Waals surface area contributed by atoms with E-state index in [0.29, 0.717) is 12.8 Å². The van der Waals surface area contributed by atoms with Gasteiger partial charge in [0.1, 0.15) is 6.61 Å². The van der Waals surface area contributed by atoms with Crippen molar-refractivity contribution >= 4 is 5.91 Å². The predicted octanol–water partition coefficient (Wildman–Crippen LogP) is 0.251. The molecule has 0 heterocycles. The van der Waals surface area contributed by atoms with Crippen LogP contribution in [0.25, 0.3) is 0 Å². The Morgan fingerprint density at radius 3 is 2.57 bits per heavy atom. The second-order valence-electron chi connectivity index (χ2n) is 3.35. The van der Waals surface area contributed by atoms with Crippen molar-refractivity contribution in [2.24, 2.45) is 11.5 Å². The van der Waals surface area contributed by atoms with Gasteiger partial charge in [-0.2, -0.15) is 0 Å². The first-order chi connectivity index (χ1) is 6.36. The van der Waals surface area contributed by atoms with Gasteiger partial charge in [-0.1, -0.05) is 0 Å². The van der Waals surface area contributed by atoms with Crippen LogP contribution in [-0.4, -0.2) is 31.1 Å². The molecule has 0 aliphatic heterocycles. The smallest absolute Gasteiger partial charge is 0.261 e. The lowest BCUT2D eigenvalue weighted by atomic mass is 9.97. The molecule has 0 saturated carbocycles. The van der Waals surface area contributed by atoms with Crippen LogP contribution in [0.5, 0.6) is 0 Å². The van der Waals surface area contributed by atoms with Gasteiger partial charge >= 0.3 is 0 Å². The minimum atomic E-state index is -2.46. The molecule has 0 saturated heterocycles. The molecular formula is C8H16F2N2O2. The van der Waals surface area contributed by atoms with Crippen molar-refractivity contribution in [3.05, 3.63) is 0 Å². The number of hydrogen-bond donors (Lipinski definition) is 2. The highest BCUT2D eigenvalue weighted by atomic mass is 19.3. The monoisotopic (exact) mass is 210 g/mol. The van der Waals surface area contributed by atoms with Crippen molar-refractivity contribution in [1.82, 2.24) is 0 Å². The van der Waals surface area contributed by atoms with E-state index in [1.807, 2.05) is 0 Å². The first-order valence-corrected chi connectivity index (χ1v) is 4.31. The minimum absolute atomic E-state index is 0.157. The SMILES string of the molecule is CC(N)(CCCOCC(F)F)C(N)=O. The summed E-state index contributed by atoms with van der Waals surface area (Å²) < 4.78 is 27.8. The predicted molar refractivity (Wildman–Crippen MR) is 47.8 cm³/mol.